The van der Waals surface area contributed by atoms with E-state index in [9.17, 15) is 0 Å². The van der Waals surface area contributed by atoms with Gasteiger partial charge < -0.3 is 4.42 Å². The third-order valence-electron chi connectivity index (χ3n) is 11.1. The van der Waals surface area contributed by atoms with Crippen LogP contribution in [0.3, 0.4) is 0 Å². The van der Waals surface area contributed by atoms with Crippen LogP contribution < -0.4 is 0 Å². The molecule has 5 nitrogen and oxygen atoms in total. The van der Waals surface area contributed by atoms with Crippen molar-refractivity contribution < 1.29 is 4.42 Å². The molecular weight excluding hydrogens is 576 g/mol. The number of aromatic nitrogens is 4. The molecule has 0 N–H and O–H groups in total. The third kappa shape index (κ3) is 3.77. The van der Waals surface area contributed by atoms with E-state index in [2.05, 4.69) is 106 Å². The van der Waals surface area contributed by atoms with Crippen LogP contribution in [0.2, 0.25) is 0 Å². The molecule has 0 spiro atoms. The van der Waals surface area contributed by atoms with Crippen molar-refractivity contribution in [3.05, 3.63) is 120 Å². The average molecular weight is 609 g/mol. The molecule has 5 aromatic heterocycles. The van der Waals surface area contributed by atoms with E-state index in [1.165, 1.54) is 75.7 Å². The normalized spacial score (nSPS) is 18.1. The van der Waals surface area contributed by atoms with Gasteiger partial charge in [-0.1, -0.05) is 61.4 Å². The highest BCUT2D eigenvalue weighted by Crippen LogP contribution is 2.42. The largest absolute Gasteiger partial charge is 0.439 e. The summed E-state index contributed by atoms with van der Waals surface area (Å²) in [6, 6.07) is 39.6. The lowest BCUT2D eigenvalue weighted by Crippen LogP contribution is -2.16. The van der Waals surface area contributed by atoms with Gasteiger partial charge in [-0.3, -0.25) is 8.80 Å². The van der Waals surface area contributed by atoms with Gasteiger partial charge in [-0.05, 0) is 103 Å². The molecule has 226 valence electrons. The summed E-state index contributed by atoms with van der Waals surface area (Å²) in [5, 5.41) is 6.07. The lowest BCUT2D eigenvalue weighted by Gasteiger charge is -2.30. The molecule has 2 unspecified atom stereocenters. The van der Waals surface area contributed by atoms with Crippen molar-refractivity contribution in [1.82, 2.24) is 18.8 Å². The monoisotopic (exact) mass is 608 g/mol. The Morgan fingerprint density at radius 2 is 1.36 bits per heavy atom. The predicted molar refractivity (Wildman–Crippen MR) is 192 cm³/mol. The standard InChI is InChI=1S/C42H32N4O/c1-3-11-36-30(9-1)33-23-34-31-10-2-4-12-37(31)46-39(34)24-38(33)45(36)40-13-6-14-42(44-40)47-28-17-18-29-27-8-5-7-25(19-27)15-16-26-20-35(32(29)22-28)43-41(46)21-26/h1-4,6,9-14,17-18,20-25,27H,5,7-8,15-16,19H2. The molecule has 4 aromatic carbocycles. The van der Waals surface area contributed by atoms with E-state index in [1.54, 1.807) is 0 Å². The van der Waals surface area contributed by atoms with Crippen LogP contribution in [0.25, 0.3) is 77.1 Å². The number of benzene rings is 4. The predicted octanol–water partition coefficient (Wildman–Crippen LogP) is 10.8. The Labute approximate surface area is 270 Å². The second-order valence-electron chi connectivity index (χ2n) is 13.8. The SMILES string of the molecule is c1ccc2c(c1)c1cc3c4ccccc4n4c5cc6cc(n5)c5cc(ccc5C5CCCC(CC6)C5)oc5cccc(n5)n2c1cc34. The molecule has 9 aromatic rings. The van der Waals surface area contributed by atoms with Gasteiger partial charge in [0.25, 0.3) is 0 Å². The van der Waals surface area contributed by atoms with E-state index in [0.717, 1.165) is 51.3 Å². The van der Waals surface area contributed by atoms with Gasteiger partial charge in [-0.15, -0.1) is 0 Å². The van der Waals surface area contributed by atoms with E-state index >= 15 is 0 Å². The summed E-state index contributed by atoms with van der Waals surface area (Å²) in [7, 11) is 0. The summed E-state index contributed by atoms with van der Waals surface area (Å²) < 4.78 is 11.3. The van der Waals surface area contributed by atoms with Crippen molar-refractivity contribution in [3.8, 4) is 0 Å². The Hall–Kier alpha value is -5.42. The minimum Gasteiger partial charge on any atom is -0.439 e. The molecule has 5 heteroatoms. The van der Waals surface area contributed by atoms with Crippen LogP contribution in [0.15, 0.2) is 114 Å². The molecule has 2 aliphatic rings. The van der Waals surface area contributed by atoms with Gasteiger partial charge in [-0.25, -0.2) is 4.98 Å². The van der Waals surface area contributed by atoms with E-state index in [-0.39, 0.29) is 0 Å². The van der Waals surface area contributed by atoms with Crippen LogP contribution in [0.1, 0.15) is 49.1 Å². The smallest absolute Gasteiger partial charge is 0.221 e. The topological polar surface area (TPSA) is 47.7 Å². The van der Waals surface area contributed by atoms with Crippen LogP contribution in [-0.4, -0.2) is 18.8 Å². The Bertz CT molecular complexity index is 2830. The first-order valence-electron chi connectivity index (χ1n) is 17.0. The van der Waals surface area contributed by atoms with Crippen LogP contribution in [-0.2, 0) is 6.42 Å². The number of fused-ring (bicyclic) bond motifs is 16. The van der Waals surface area contributed by atoms with Gasteiger partial charge in [0.1, 0.15) is 16.9 Å². The quantitative estimate of drug-likeness (QED) is 0.172. The first-order chi connectivity index (χ1) is 23.2. The Kier molecular flexibility index (Phi) is 5.23. The highest BCUT2D eigenvalue weighted by atomic mass is 16.3. The summed E-state index contributed by atoms with van der Waals surface area (Å²) in [4.78, 5) is 10.7. The zero-order chi connectivity index (χ0) is 30.6. The molecule has 0 saturated heterocycles. The Balaban J connectivity index is 1.44. The molecule has 2 aliphatic carbocycles. The summed E-state index contributed by atoms with van der Waals surface area (Å²) >= 11 is 0. The second kappa shape index (κ2) is 9.55. The maximum Gasteiger partial charge on any atom is 0.221 e. The third-order valence-corrected chi connectivity index (χ3v) is 11.1. The van der Waals surface area contributed by atoms with Gasteiger partial charge in [0.05, 0.1) is 27.6 Å². The van der Waals surface area contributed by atoms with Crippen LogP contribution in [0.5, 0.6) is 0 Å². The molecule has 0 aliphatic heterocycles. The van der Waals surface area contributed by atoms with Gasteiger partial charge in [0.15, 0.2) is 0 Å². The van der Waals surface area contributed by atoms with Crippen molar-refractivity contribution >= 4 is 77.1 Å². The molecule has 11 rings (SSSR count). The summed E-state index contributed by atoms with van der Waals surface area (Å²) in [5.74, 6) is 1.29. The van der Waals surface area contributed by atoms with Crippen LogP contribution >= 0.6 is 0 Å². The highest BCUT2D eigenvalue weighted by Gasteiger charge is 2.26. The molecule has 11 bridgehead atoms. The fourth-order valence-corrected chi connectivity index (χ4v) is 8.98. The van der Waals surface area contributed by atoms with E-state index in [1.807, 2.05) is 12.1 Å². The number of hydrogen-bond donors (Lipinski definition) is 0. The summed E-state index contributed by atoms with van der Waals surface area (Å²) in [6.07, 6.45) is 7.40. The zero-order valence-corrected chi connectivity index (χ0v) is 26.0. The molecule has 1 saturated carbocycles. The second-order valence-corrected chi connectivity index (χ2v) is 13.8. The number of para-hydroxylation sites is 2. The van der Waals surface area contributed by atoms with Crippen LogP contribution in [0, 0.1) is 5.92 Å². The first-order valence-corrected chi connectivity index (χ1v) is 17.0. The summed E-state index contributed by atoms with van der Waals surface area (Å²) in [6.45, 7) is 0. The molecule has 1 fully saturated rings. The molecule has 0 amide bonds. The van der Waals surface area contributed by atoms with Gasteiger partial charge >= 0.3 is 0 Å². The first kappa shape index (κ1) is 25.7. The molecule has 2 atom stereocenters. The van der Waals surface area contributed by atoms with Crippen molar-refractivity contribution in [3.63, 3.8) is 0 Å². The molecular formula is C42H32N4O. The lowest BCUT2D eigenvalue weighted by molar-refractivity contribution is 0.307. The number of aryl methyl sites for hydroxylation is 1. The number of rotatable bonds is 0. The zero-order valence-electron chi connectivity index (χ0n) is 26.0. The average Bonchev–Trinajstić information content (AvgIpc) is 3.61. The van der Waals surface area contributed by atoms with Crippen LogP contribution in [0.4, 0.5) is 0 Å². The van der Waals surface area contributed by atoms with E-state index < -0.39 is 0 Å². The van der Waals surface area contributed by atoms with Crippen molar-refractivity contribution in [2.45, 2.75) is 44.4 Å². The lowest BCUT2D eigenvalue weighted by atomic mass is 9.75. The summed E-state index contributed by atoms with van der Waals surface area (Å²) in [5.41, 5.74) is 11.5. The Morgan fingerprint density at radius 3 is 2.19 bits per heavy atom. The van der Waals surface area contributed by atoms with Crippen molar-refractivity contribution in [2.75, 3.05) is 0 Å². The maximum absolute atomic E-state index is 6.59. The fraction of sp³-hybridized carbons (Fsp3) is 0.190. The minimum atomic E-state index is 0.536. The van der Waals surface area contributed by atoms with Crippen molar-refractivity contribution in [2.24, 2.45) is 5.92 Å². The Morgan fingerprint density at radius 1 is 0.574 bits per heavy atom. The maximum atomic E-state index is 6.59. The van der Waals surface area contributed by atoms with Gasteiger partial charge in [0, 0.05) is 33.0 Å². The number of pyridine rings is 2. The molecule has 5 heterocycles. The van der Waals surface area contributed by atoms with E-state index in [0.29, 0.717) is 11.6 Å². The van der Waals surface area contributed by atoms with Gasteiger partial charge in [-0.2, -0.15) is 4.98 Å². The van der Waals surface area contributed by atoms with Crippen molar-refractivity contribution in [1.29, 1.82) is 0 Å². The number of hydrogen-bond acceptors (Lipinski definition) is 3. The van der Waals surface area contributed by atoms with Gasteiger partial charge in [0.2, 0.25) is 5.71 Å². The molecule has 0 radical (unpaired) electrons. The number of nitrogens with zero attached hydrogens (tertiary/aromatic N) is 4. The highest BCUT2D eigenvalue weighted by molar-refractivity contribution is 6.18. The van der Waals surface area contributed by atoms with E-state index in [4.69, 9.17) is 14.4 Å². The fourth-order valence-electron chi connectivity index (χ4n) is 8.98. The molecule has 47 heavy (non-hydrogen) atoms. The minimum absolute atomic E-state index is 0.536.